The van der Waals surface area contributed by atoms with Crippen LogP contribution in [0.1, 0.15) is 51.4 Å². The number of aryl methyl sites for hydroxylation is 3. The zero-order valence-electron chi connectivity index (χ0n) is 15.6. The van der Waals surface area contributed by atoms with Gasteiger partial charge in [-0.2, -0.15) is 0 Å². The number of nitrogens with zero attached hydrogens (tertiary/aromatic N) is 2. The summed E-state index contributed by atoms with van der Waals surface area (Å²) in [6, 6.07) is 10.4. The number of nitrogens with two attached hydrogens (primary N) is 1. The van der Waals surface area contributed by atoms with Crippen molar-refractivity contribution in [3.05, 3.63) is 57.7 Å². The number of para-hydroxylation sites is 1. The smallest absolute Gasteiger partial charge is 0.274 e. The Balaban J connectivity index is 1.57. The van der Waals surface area contributed by atoms with Gasteiger partial charge in [0.25, 0.3) is 5.91 Å². The number of rotatable bonds is 1. The molecule has 2 aliphatic carbocycles. The Kier molecular flexibility index (Phi) is 3.45. The fraction of sp³-hybridized carbons (Fsp3) is 0.304. The van der Waals surface area contributed by atoms with Crippen LogP contribution in [0, 0.1) is 0 Å². The van der Waals surface area contributed by atoms with Crippen molar-refractivity contribution in [2.75, 3.05) is 5.73 Å². The zero-order chi connectivity index (χ0) is 18.8. The van der Waals surface area contributed by atoms with Crippen LogP contribution in [0.3, 0.4) is 0 Å². The van der Waals surface area contributed by atoms with Crippen LogP contribution < -0.4 is 5.73 Å². The molecule has 140 valence electrons. The molecule has 0 bridgehead atoms. The van der Waals surface area contributed by atoms with Crippen LogP contribution in [0.5, 0.6) is 0 Å². The van der Waals surface area contributed by atoms with Crippen LogP contribution in [0.15, 0.2) is 30.3 Å². The van der Waals surface area contributed by atoms with Gasteiger partial charge in [-0.3, -0.25) is 9.36 Å². The lowest BCUT2D eigenvalue weighted by atomic mass is 9.95. The van der Waals surface area contributed by atoms with E-state index in [4.69, 9.17) is 10.7 Å². The highest BCUT2D eigenvalue weighted by atomic mass is 32.1. The van der Waals surface area contributed by atoms with Gasteiger partial charge in [0.2, 0.25) is 0 Å². The molecule has 5 heteroatoms. The van der Waals surface area contributed by atoms with Gasteiger partial charge < -0.3 is 5.73 Å². The van der Waals surface area contributed by atoms with Crippen molar-refractivity contribution in [2.45, 2.75) is 44.9 Å². The first-order chi connectivity index (χ1) is 13.7. The molecule has 0 saturated carbocycles. The van der Waals surface area contributed by atoms with Gasteiger partial charge in [-0.05, 0) is 68.2 Å². The minimum Gasteiger partial charge on any atom is -0.397 e. The van der Waals surface area contributed by atoms with E-state index in [9.17, 15) is 4.79 Å². The third-order valence-corrected chi connectivity index (χ3v) is 7.43. The minimum absolute atomic E-state index is 0.00000874. The number of pyridine rings is 1. The maximum atomic E-state index is 13.7. The SMILES string of the molecule is Nc1c(C(=O)n2c3c(c4ccccc42)CCCC3)sc2nc3c(cc12)CCC3. The highest BCUT2D eigenvalue weighted by Gasteiger charge is 2.27. The van der Waals surface area contributed by atoms with E-state index < -0.39 is 0 Å². The number of hydrogen-bond acceptors (Lipinski definition) is 4. The lowest BCUT2D eigenvalue weighted by Gasteiger charge is -2.14. The van der Waals surface area contributed by atoms with Crippen molar-refractivity contribution in [3.63, 3.8) is 0 Å². The summed E-state index contributed by atoms with van der Waals surface area (Å²) in [7, 11) is 0. The monoisotopic (exact) mass is 387 g/mol. The van der Waals surface area contributed by atoms with Crippen LogP contribution in [0.25, 0.3) is 21.1 Å². The van der Waals surface area contributed by atoms with Crippen molar-refractivity contribution < 1.29 is 4.79 Å². The number of nitrogen functional groups attached to an aromatic ring is 1. The molecule has 3 heterocycles. The first-order valence-electron chi connectivity index (χ1n) is 10.1. The third kappa shape index (κ3) is 2.17. The molecule has 0 spiro atoms. The number of thiophene rings is 1. The molecule has 0 unspecified atom stereocenters. The molecular weight excluding hydrogens is 366 g/mol. The number of anilines is 1. The number of hydrogen-bond donors (Lipinski definition) is 1. The molecule has 4 aromatic rings. The summed E-state index contributed by atoms with van der Waals surface area (Å²) >= 11 is 1.45. The lowest BCUT2D eigenvalue weighted by Crippen LogP contribution is -2.17. The van der Waals surface area contributed by atoms with Gasteiger partial charge in [0.1, 0.15) is 9.71 Å². The molecule has 3 aromatic heterocycles. The summed E-state index contributed by atoms with van der Waals surface area (Å²) in [5, 5.41) is 2.15. The quantitative estimate of drug-likeness (QED) is 0.506. The molecule has 0 atom stereocenters. The topological polar surface area (TPSA) is 60.9 Å². The van der Waals surface area contributed by atoms with Gasteiger partial charge in [0.05, 0.1) is 11.2 Å². The Hall–Kier alpha value is -2.66. The number of carbonyl (C=O) groups excluding carboxylic acids is 1. The van der Waals surface area contributed by atoms with Crippen LogP contribution in [0.2, 0.25) is 0 Å². The van der Waals surface area contributed by atoms with Crippen molar-refractivity contribution >= 4 is 44.1 Å². The van der Waals surface area contributed by atoms with Crippen LogP contribution in [-0.2, 0) is 25.7 Å². The Morgan fingerprint density at radius 2 is 1.89 bits per heavy atom. The summed E-state index contributed by atoms with van der Waals surface area (Å²) in [6.45, 7) is 0. The lowest BCUT2D eigenvalue weighted by molar-refractivity contribution is 0.0966. The van der Waals surface area contributed by atoms with E-state index >= 15 is 0 Å². The Morgan fingerprint density at radius 1 is 1.04 bits per heavy atom. The first kappa shape index (κ1) is 16.3. The van der Waals surface area contributed by atoms with Crippen LogP contribution in [-0.4, -0.2) is 15.5 Å². The van der Waals surface area contributed by atoms with E-state index in [1.54, 1.807) is 0 Å². The van der Waals surface area contributed by atoms with Crippen molar-refractivity contribution in [3.8, 4) is 0 Å². The van der Waals surface area contributed by atoms with Gasteiger partial charge in [0, 0.05) is 22.2 Å². The third-order valence-electron chi connectivity index (χ3n) is 6.33. The molecule has 1 aromatic carbocycles. The summed E-state index contributed by atoms with van der Waals surface area (Å²) in [5.41, 5.74) is 13.1. The van der Waals surface area contributed by atoms with E-state index in [1.165, 1.54) is 45.7 Å². The molecule has 0 aliphatic heterocycles. The Bertz CT molecular complexity index is 1280. The predicted molar refractivity (Wildman–Crippen MR) is 114 cm³/mol. The molecule has 0 saturated heterocycles. The van der Waals surface area contributed by atoms with Gasteiger partial charge in [0.15, 0.2) is 0 Å². The fourth-order valence-corrected chi connectivity index (χ4v) is 6.01. The van der Waals surface area contributed by atoms with Crippen molar-refractivity contribution in [2.24, 2.45) is 0 Å². The van der Waals surface area contributed by atoms with Crippen LogP contribution >= 0.6 is 11.3 Å². The molecule has 4 nitrogen and oxygen atoms in total. The molecule has 2 aliphatic rings. The second kappa shape index (κ2) is 5.92. The summed E-state index contributed by atoms with van der Waals surface area (Å²) in [6.07, 6.45) is 7.57. The minimum atomic E-state index is 0.00000874. The first-order valence-corrected chi connectivity index (χ1v) is 10.9. The molecule has 6 rings (SSSR count). The molecular formula is C23H21N3OS. The maximum absolute atomic E-state index is 13.7. The molecule has 0 radical (unpaired) electrons. The molecule has 2 N–H and O–H groups in total. The highest BCUT2D eigenvalue weighted by Crippen LogP contribution is 2.38. The second-order valence-electron chi connectivity index (χ2n) is 7.94. The molecule has 0 fully saturated rings. The van der Waals surface area contributed by atoms with Gasteiger partial charge in [-0.25, -0.2) is 4.98 Å². The molecule has 28 heavy (non-hydrogen) atoms. The fourth-order valence-electron chi connectivity index (χ4n) is 4.99. The van der Waals surface area contributed by atoms with Crippen LogP contribution in [0.4, 0.5) is 5.69 Å². The Morgan fingerprint density at radius 3 is 2.82 bits per heavy atom. The summed E-state index contributed by atoms with van der Waals surface area (Å²) in [4.78, 5) is 20.1. The largest absolute Gasteiger partial charge is 0.397 e. The van der Waals surface area contributed by atoms with E-state index in [2.05, 4.69) is 24.3 Å². The zero-order valence-corrected chi connectivity index (χ0v) is 16.4. The summed E-state index contributed by atoms with van der Waals surface area (Å²) < 4.78 is 1.93. The number of benzene rings is 1. The van der Waals surface area contributed by atoms with Crippen molar-refractivity contribution in [1.29, 1.82) is 0 Å². The van der Waals surface area contributed by atoms with E-state index in [-0.39, 0.29) is 5.91 Å². The number of aromatic nitrogens is 2. The average molecular weight is 388 g/mol. The van der Waals surface area contributed by atoms with Gasteiger partial charge in [-0.15, -0.1) is 11.3 Å². The van der Waals surface area contributed by atoms with Crippen molar-refractivity contribution in [1.82, 2.24) is 9.55 Å². The predicted octanol–water partition coefficient (Wildman–Crippen LogP) is 4.89. The highest BCUT2D eigenvalue weighted by molar-refractivity contribution is 7.21. The Labute approximate surface area is 167 Å². The maximum Gasteiger partial charge on any atom is 0.274 e. The van der Waals surface area contributed by atoms with E-state index in [0.29, 0.717) is 10.6 Å². The summed E-state index contributed by atoms with van der Waals surface area (Å²) in [5.74, 6) is 0.00000874. The number of fused-ring (bicyclic) bond motifs is 5. The van der Waals surface area contributed by atoms with E-state index in [1.807, 2.05) is 10.6 Å². The second-order valence-corrected chi connectivity index (χ2v) is 8.93. The van der Waals surface area contributed by atoms with Gasteiger partial charge in [-0.1, -0.05) is 18.2 Å². The normalized spacial score (nSPS) is 15.9. The standard InChI is InChI=1S/C23H21N3OS/c24-20-16-12-13-6-5-9-17(13)25-22(16)28-21(20)23(27)26-18-10-3-1-7-14(18)15-8-2-4-11-19(15)26/h1,3,7,10,12H,2,4-6,8-9,11,24H2. The average Bonchev–Trinajstić information content (AvgIpc) is 3.40. The molecule has 0 amide bonds. The number of carbonyl (C=O) groups is 1. The van der Waals surface area contributed by atoms with E-state index in [0.717, 1.165) is 54.3 Å². The van der Waals surface area contributed by atoms with Gasteiger partial charge >= 0.3 is 0 Å².